The van der Waals surface area contributed by atoms with Crippen LogP contribution in [0.3, 0.4) is 0 Å². The molecule has 13 heavy (non-hydrogen) atoms. The summed E-state index contributed by atoms with van der Waals surface area (Å²) >= 11 is 0. The van der Waals surface area contributed by atoms with Gasteiger partial charge in [-0.1, -0.05) is 0 Å². The average Bonchev–Trinajstić information content (AvgIpc) is 2.72. The molecule has 0 spiro atoms. The summed E-state index contributed by atoms with van der Waals surface area (Å²) in [6.07, 6.45) is 7.43. The first-order valence-corrected chi connectivity index (χ1v) is 3.60. The van der Waals surface area contributed by atoms with Crippen molar-refractivity contribution in [2.24, 2.45) is 0 Å². The quantitative estimate of drug-likeness (QED) is 0.622. The summed E-state index contributed by atoms with van der Waals surface area (Å²) in [5.41, 5.74) is 5.44. The van der Waals surface area contributed by atoms with Gasteiger partial charge in [-0.2, -0.15) is 0 Å². The predicted octanol–water partition coefficient (Wildman–Crippen LogP) is 0.178. The Morgan fingerprint density at radius 2 is 2.23 bits per heavy atom. The lowest BCUT2D eigenvalue weighted by molar-refractivity contribution is 0.244. The number of aromatic nitrogens is 4. The maximum absolute atomic E-state index is 11.6. The molecule has 6 nitrogen and oxygen atoms in total. The minimum atomic E-state index is -0.299. The van der Waals surface area contributed by atoms with Gasteiger partial charge in [-0.25, -0.2) is 19.3 Å². The fourth-order valence-electron chi connectivity index (χ4n) is 0.973. The topological polar surface area (TPSA) is 78.7 Å². The highest BCUT2D eigenvalue weighted by Gasteiger charge is 2.08. The summed E-state index contributed by atoms with van der Waals surface area (Å²) in [4.78, 5) is 19.0. The Kier molecular flexibility index (Phi) is 1.59. The lowest BCUT2D eigenvalue weighted by Gasteiger charge is -2.01. The number of carbonyl (C=O) groups excluding carboxylic acids is 1. The fraction of sp³-hybridized carbons (Fsp3) is 0. The molecule has 0 fully saturated rings. The van der Waals surface area contributed by atoms with E-state index in [0.717, 1.165) is 0 Å². The minimum Gasteiger partial charge on any atom is -0.369 e. The minimum absolute atomic E-state index is 0.165. The number of anilines is 1. The number of hydrogen-bond donors (Lipinski definition) is 1. The zero-order valence-corrected chi connectivity index (χ0v) is 6.66. The summed E-state index contributed by atoms with van der Waals surface area (Å²) in [5.74, 6) is 0.165. The number of imidazole rings is 2. The second-order valence-electron chi connectivity index (χ2n) is 2.41. The second kappa shape index (κ2) is 2.74. The smallest absolute Gasteiger partial charge is 0.340 e. The van der Waals surface area contributed by atoms with Crippen LogP contribution in [0.15, 0.2) is 31.1 Å². The Labute approximate surface area is 73.6 Å². The normalized spacial score (nSPS) is 10.2. The molecule has 0 amide bonds. The van der Waals surface area contributed by atoms with Gasteiger partial charge in [-0.3, -0.25) is 4.57 Å². The zero-order valence-electron chi connectivity index (χ0n) is 6.66. The molecule has 0 unspecified atom stereocenters. The van der Waals surface area contributed by atoms with Gasteiger partial charge in [-0.05, 0) is 0 Å². The van der Waals surface area contributed by atoms with Crippen molar-refractivity contribution in [1.82, 2.24) is 19.1 Å². The van der Waals surface area contributed by atoms with Gasteiger partial charge < -0.3 is 5.73 Å². The molecule has 0 bridgehead atoms. The third-order valence-corrected chi connectivity index (χ3v) is 1.60. The molecule has 0 saturated heterocycles. The van der Waals surface area contributed by atoms with E-state index in [9.17, 15) is 4.79 Å². The van der Waals surface area contributed by atoms with E-state index in [1.807, 2.05) is 0 Å². The molecule has 0 aliphatic rings. The van der Waals surface area contributed by atoms with Crippen LogP contribution >= 0.6 is 0 Å². The summed E-state index contributed by atoms with van der Waals surface area (Å²) in [6, 6.07) is -0.299. The Morgan fingerprint density at radius 3 is 2.77 bits per heavy atom. The van der Waals surface area contributed by atoms with Crippen LogP contribution < -0.4 is 5.73 Å². The summed E-state index contributed by atoms with van der Waals surface area (Å²) in [7, 11) is 0. The summed E-state index contributed by atoms with van der Waals surface area (Å²) in [5, 5.41) is 0. The largest absolute Gasteiger partial charge is 0.369 e. The maximum Gasteiger partial charge on any atom is 0.340 e. The van der Waals surface area contributed by atoms with Crippen molar-refractivity contribution >= 4 is 12.0 Å². The molecule has 0 aliphatic carbocycles. The van der Waals surface area contributed by atoms with Crippen molar-refractivity contribution < 1.29 is 4.79 Å². The first-order chi connectivity index (χ1) is 6.29. The molecular weight excluding hydrogens is 170 g/mol. The lowest BCUT2D eigenvalue weighted by Crippen LogP contribution is -2.18. The Hall–Kier alpha value is -2.11. The molecule has 6 heteroatoms. The molecule has 2 N–H and O–H groups in total. The van der Waals surface area contributed by atoms with E-state index < -0.39 is 0 Å². The highest BCUT2D eigenvalue weighted by Crippen LogP contribution is 2.00. The molecule has 66 valence electrons. The van der Waals surface area contributed by atoms with E-state index in [-0.39, 0.29) is 12.0 Å². The van der Waals surface area contributed by atoms with Gasteiger partial charge in [0.1, 0.15) is 6.33 Å². The third kappa shape index (κ3) is 1.18. The molecule has 0 saturated carbocycles. The monoisotopic (exact) mass is 177 g/mol. The van der Waals surface area contributed by atoms with Crippen LogP contribution in [0.4, 0.5) is 10.7 Å². The van der Waals surface area contributed by atoms with Gasteiger partial charge >= 0.3 is 6.03 Å². The molecule has 0 atom stereocenters. The molecule has 2 aromatic heterocycles. The number of hydrogen-bond acceptors (Lipinski definition) is 4. The van der Waals surface area contributed by atoms with Crippen molar-refractivity contribution in [3.63, 3.8) is 0 Å². The van der Waals surface area contributed by atoms with Gasteiger partial charge in [0.15, 0.2) is 0 Å². The van der Waals surface area contributed by atoms with Crippen LogP contribution in [-0.2, 0) is 0 Å². The van der Waals surface area contributed by atoms with Crippen LogP contribution in [0.1, 0.15) is 0 Å². The standard InChI is InChI=1S/C7H7N5O/c8-6-10-2-4-12(6)7(13)11-3-1-9-5-11/h1-5H,(H2,8,10). The number of nitrogen functional groups attached to an aromatic ring is 1. The average molecular weight is 177 g/mol. The first kappa shape index (κ1) is 7.53. The summed E-state index contributed by atoms with van der Waals surface area (Å²) < 4.78 is 2.56. The van der Waals surface area contributed by atoms with Gasteiger partial charge in [0, 0.05) is 24.8 Å². The van der Waals surface area contributed by atoms with E-state index in [4.69, 9.17) is 5.73 Å². The molecule has 2 aromatic rings. The van der Waals surface area contributed by atoms with E-state index in [0.29, 0.717) is 0 Å². The van der Waals surface area contributed by atoms with E-state index >= 15 is 0 Å². The SMILES string of the molecule is Nc1nccn1C(=O)n1ccnc1. The number of carbonyl (C=O) groups is 1. The molecule has 0 aliphatic heterocycles. The number of nitrogens with zero attached hydrogens (tertiary/aromatic N) is 4. The Bertz CT molecular complexity index is 416. The van der Waals surface area contributed by atoms with E-state index in [1.165, 1.54) is 34.1 Å². The molecule has 0 radical (unpaired) electrons. The lowest BCUT2D eigenvalue weighted by atomic mass is 10.8. The first-order valence-electron chi connectivity index (χ1n) is 3.60. The molecule has 2 heterocycles. The van der Waals surface area contributed by atoms with E-state index in [1.54, 1.807) is 6.20 Å². The van der Waals surface area contributed by atoms with Gasteiger partial charge in [0.25, 0.3) is 0 Å². The van der Waals surface area contributed by atoms with Gasteiger partial charge in [0.2, 0.25) is 5.95 Å². The summed E-state index contributed by atoms with van der Waals surface area (Å²) in [6.45, 7) is 0. The Morgan fingerprint density at radius 1 is 1.38 bits per heavy atom. The van der Waals surface area contributed by atoms with Crippen LogP contribution in [0, 0.1) is 0 Å². The molecule has 0 aromatic carbocycles. The van der Waals surface area contributed by atoms with Crippen LogP contribution in [-0.4, -0.2) is 25.1 Å². The van der Waals surface area contributed by atoms with Crippen molar-refractivity contribution in [2.45, 2.75) is 0 Å². The fourth-order valence-corrected chi connectivity index (χ4v) is 0.973. The highest BCUT2D eigenvalue weighted by molar-refractivity contribution is 5.81. The second-order valence-corrected chi connectivity index (χ2v) is 2.41. The predicted molar refractivity (Wildman–Crippen MR) is 45.1 cm³/mol. The molecule has 2 rings (SSSR count). The highest BCUT2D eigenvalue weighted by atomic mass is 16.2. The number of rotatable bonds is 0. The van der Waals surface area contributed by atoms with Crippen molar-refractivity contribution in [1.29, 1.82) is 0 Å². The van der Waals surface area contributed by atoms with Crippen molar-refractivity contribution in [3.8, 4) is 0 Å². The van der Waals surface area contributed by atoms with Gasteiger partial charge in [-0.15, -0.1) is 0 Å². The zero-order chi connectivity index (χ0) is 9.26. The molecular formula is C7H7N5O. The van der Waals surface area contributed by atoms with Gasteiger partial charge in [0.05, 0.1) is 0 Å². The van der Waals surface area contributed by atoms with Crippen LogP contribution in [0.5, 0.6) is 0 Å². The number of nitrogens with two attached hydrogens (primary N) is 1. The van der Waals surface area contributed by atoms with Crippen LogP contribution in [0.2, 0.25) is 0 Å². The van der Waals surface area contributed by atoms with Crippen LogP contribution in [0.25, 0.3) is 0 Å². The van der Waals surface area contributed by atoms with E-state index in [2.05, 4.69) is 9.97 Å². The Balaban J connectivity index is 2.39. The van der Waals surface area contributed by atoms with Crippen molar-refractivity contribution in [3.05, 3.63) is 31.1 Å². The maximum atomic E-state index is 11.6. The third-order valence-electron chi connectivity index (χ3n) is 1.60. The van der Waals surface area contributed by atoms with Crippen molar-refractivity contribution in [2.75, 3.05) is 5.73 Å².